The van der Waals surface area contributed by atoms with Crippen LogP contribution in [0.25, 0.3) is 5.57 Å². The molecule has 8 nitrogen and oxygen atoms in total. The van der Waals surface area contributed by atoms with Gasteiger partial charge in [-0.15, -0.1) is 10.2 Å². The van der Waals surface area contributed by atoms with Crippen LogP contribution in [0.3, 0.4) is 0 Å². The highest BCUT2D eigenvalue weighted by Gasteiger charge is 2.32. The lowest BCUT2D eigenvalue weighted by molar-refractivity contribution is -0.123. The zero-order valence-electron chi connectivity index (χ0n) is 21.4. The second kappa shape index (κ2) is 10.9. The molecule has 1 fully saturated rings. The predicted molar refractivity (Wildman–Crippen MR) is 138 cm³/mol. The summed E-state index contributed by atoms with van der Waals surface area (Å²) in [4.78, 5) is 29.7. The summed E-state index contributed by atoms with van der Waals surface area (Å²) in [7, 11) is 0. The molecule has 4 rings (SSSR count). The zero-order valence-corrected chi connectivity index (χ0v) is 21.4. The Hall–Kier alpha value is -3.68. The van der Waals surface area contributed by atoms with Crippen molar-refractivity contribution < 1.29 is 18.7 Å². The summed E-state index contributed by atoms with van der Waals surface area (Å²) >= 11 is 0. The van der Waals surface area contributed by atoms with Crippen LogP contribution < -0.4 is 4.90 Å². The topological polar surface area (TPSA) is 88.8 Å². The number of ether oxygens (including phenoxy) is 1. The summed E-state index contributed by atoms with van der Waals surface area (Å²) in [5.74, 6) is 0.931. The largest absolute Gasteiger partial charge is 0.444 e. The average Bonchev–Trinajstić information content (AvgIpc) is 3.15. The molecule has 1 aromatic carbocycles. The molecule has 0 radical (unpaired) electrons. The number of amides is 2. The molecule has 0 unspecified atom stereocenters. The van der Waals surface area contributed by atoms with Crippen LogP contribution in [0.1, 0.15) is 51.8 Å². The number of hydrogen-bond acceptors (Lipinski definition) is 6. The van der Waals surface area contributed by atoms with Crippen molar-refractivity contribution in [2.45, 2.75) is 52.6 Å². The van der Waals surface area contributed by atoms with Crippen LogP contribution in [0.5, 0.6) is 0 Å². The Morgan fingerprint density at radius 3 is 2.44 bits per heavy atom. The van der Waals surface area contributed by atoms with Gasteiger partial charge in [0.2, 0.25) is 17.7 Å². The first-order valence-corrected chi connectivity index (χ1v) is 12.4. The second-order valence-corrected chi connectivity index (χ2v) is 10.1. The Bertz CT molecular complexity index is 1170. The molecule has 1 aliphatic heterocycles. The molecule has 1 aromatic heterocycles. The minimum absolute atomic E-state index is 0.0734. The molecule has 0 bridgehead atoms. The van der Waals surface area contributed by atoms with Crippen molar-refractivity contribution in [3.05, 3.63) is 72.0 Å². The van der Waals surface area contributed by atoms with Gasteiger partial charge in [-0.3, -0.25) is 4.79 Å². The maximum absolute atomic E-state index is 13.7. The van der Waals surface area contributed by atoms with Crippen molar-refractivity contribution in [3.8, 4) is 0 Å². The lowest BCUT2D eigenvalue weighted by Gasteiger charge is -2.35. The van der Waals surface area contributed by atoms with E-state index < -0.39 is 5.60 Å². The smallest absolute Gasteiger partial charge is 0.410 e. The number of nitrogens with zero attached hydrogens (tertiary/aromatic N) is 4. The van der Waals surface area contributed by atoms with Crippen LogP contribution >= 0.6 is 0 Å². The third-order valence-corrected chi connectivity index (χ3v) is 6.14. The van der Waals surface area contributed by atoms with Crippen LogP contribution in [0, 0.1) is 12.8 Å². The van der Waals surface area contributed by atoms with E-state index in [0.717, 1.165) is 16.8 Å². The van der Waals surface area contributed by atoms with Crippen molar-refractivity contribution in [1.29, 1.82) is 0 Å². The summed E-state index contributed by atoms with van der Waals surface area (Å²) in [6.45, 7) is 8.81. The van der Waals surface area contributed by atoms with E-state index in [0.29, 0.717) is 50.7 Å². The van der Waals surface area contributed by atoms with Gasteiger partial charge < -0.3 is 19.0 Å². The van der Waals surface area contributed by atoms with E-state index >= 15 is 0 Å². The number of carbonyl (C=O) groups excluding carboxylic acids is 2. The Labute approximate surface area is 212 Å². The van der Waals surface area contributed by atoms with Crippen molar-refractivity contribution in [2.24, 2.45) is 5.92 Å². The van der Waals surface area contributed by atoms with E-state index in [-0.39, 0.29) is 17.9 Å². The Morgan fingerprint density at radius 2 is 1.81 bits per heavy atom. The molecule has 1 saturated heterocycles. The van der Waals surface area contributed by atoms with Gasteiger partial charge in [-0.05, 0) is 63.8 Å². The molecule has 2 aliphatic rings. The van der Waals surface area contributed by atoms with Crippen molar-refractivity contribution >= 4 is 23.3 Å². The van der Waals surface area contributed by atoms with Gasteiger partial charge in [0, 0.05) is 37.2 Å². The Morgan fingerprint density at radius 1 is 1.08 bits per heavy atom. The van der Waals surface area contributed by atoms with E-state index in [9.17, 15) is 9.59 Å². The fourth-order valence-electron chi connectivity index (χ4n) is 4.30. The summed E-state index contributed by atoms with van der Waals surface area (Å²) in [5, 5.41) is 8.03. The van der Waals surface area contributed by atoms with Gasteiger partial charge in [-0.1, -0.05) is 36.4 Å². The molecular weight excluding hydrogens is 456 g/mol. The standard InChI is InChI=1S/C28H34N4O4/c1-20-29-30-25(35-20)22-10-8-9-21(13-14-22)19-32(24-11-6-5-7-12-24)26(33)23-15-17-31(18-16-23)27(34)36-28(2,3)4/h5-7,9-14,23H,8,15-19H2,1-4H3. The van der Waals surface area contributed by atoms with Gasteiger partial charge in [0.05, 0.1) is 6.54 Å². The van der Waals surface area contributed by atoms with Gasteiger partial charge in [0.25, 0.3) is 0 Å². The van der Waals surface area contributed by atoms with Gasteiger partial charge in [0.15, 0.2) is 0 Å². The maximum Gasteiger partial charge on any atom is 0.410 e. The minimum Gasteiger partial charge on any atom is -0.444 e. The second-order valence-electron chi connectivity index (χ2n) is 10.1. The first-order valence-electron chi connectivity index (χ1n) is 12.4. The lowest BCUT2D eigenvalue weighted by atomic mass is 9.95. The van der Waals surface area contributed by atoms with E-state index in [2.05, 4.69) is 16.3 Å². The molecule has 2 aromatic rings. The van der Waals surface area contributed by atoms with Crippen molar-refractivity contribution in [1.82, 2.24) is 15.1 Å². The fraction of sp³-hybridized carbons (Fsp3) is 0.429. The number of rotatable bonds is 5. The van der Waals surface area contributed by atoms with Gasteiger partial charge in [0.1, 0.15) is 5.60 Å². The third-order valence-electron chi connectivity index (χ3n) is 6.14. The normalized spacial score (nSPS) is 16.7. The van der Waals surface area contributed by atoms with E-state index in [4.69, 9.17) is 9.15 Å². The number of para-hydroxylation sites is 1. The minimum atomic E-state index is -0.537. The van der Waals surface area contributed by atoms with Crippen LogP contribution in [-0.4, -0.2) is 52.3 Å². The first kappa shape index (κ1) is 25.4. The monoisotopic (exact) mass is 490 g/mol. The van der Waals surface area contributed by atoms with Gasteiger partial charge in [-0.2, -0.15) is 0 Å². The molecule has 8 heteroatoms. The molecule has 190 valence electrons. The number of piperidine rings is 1. The molecule has 2 amide bonds. The summed E-state index contributed by atoms with van der Waals surface area (Å²) in [6, 6.07) is 9.74. The molecule has 0 atom stereocenters. The molecule has 0 spiro atoms. The van der Waals surface area contributed by atoms with Crippen molar-refractivity contribution in [3.63, 3.8) is 0 Å². The van der Waals surface area contributed by atoms with E-state index in [1.807, 2.05) is 74.2 Å². The van der Waals surface area contributed by atoms with Crippen LogP contribution in [0.2, 0.25) is 0 Å². The number of anilines is 1. The zero-order chi connectivity index (χ0) is 25.7. The summed E-state index contributed by atoms with van der Waals surface area (Å²) in [5.41, 5.74) is 2.22. The molecule has 0 N–H and O–H groups in total. The van der Waals surface area contributed by atoms with E-state index in [1.54, 1.807) is 11.8 Å². The first-order chi connectivity index (χ1) is 17.2. The maximum atomic E-state index is 13.7. The Kier molecular flexibility index (Phi) is 7.72. The highest BCUT2D eigenvalue weighted by molar-refractivity contribution is 5.95. The van der Waals surface area contributed by atoms with Crippen LogP contribution in [0.15, 0.2) is 64.6 Å². The van der Waals surface area contributed by atoms with Gasteiger partial charge in [-0.25, -0.2) is 4.79 Å². The molecular formula is C28H34N4O4. The third kappa shape index (κ3) is 6.50. The highest BCUT2D eigenvalue weighted by Crippen LogP contribution is 2.27. The average molecular weight is 491 g/mol. The highest BCUT2D eigenvalue weighted by atomic mass is 16.6. The molecule has 2 heterocycles. The Balaban J connectivity index is 1.45. The number of aryl methyl sites for hydroxylation is 1. The van der Waals surface area contributed by atoms with Crippen molar-refractivity contribution in [2.75, 3.05) is 24.5 Å². The number of likely N-dealkylation sites (tertiary alicyclic amines) is 1. The molecule has 36 heavy (non-hydrogen) atoms. The number of aromatic nitrogens is 2. The quantitative estimate of drug-likeness (QED) is 0.563. The summed E-state index contributed by atoms with van der Waals surface area (Å²) in [6.07, 6.45) is 9.72. The molecule has 0 saturated carbocycles. The van der Waals surface area contributed by atoms with Crippen LogP contribution in [0.4, 0.5) is 10.5 Å². The number of allylic oxidation sites excluding steroid dienone is 4. The van der Waals surface area contributed by atoms with E-state index in [1.165, 1.54) is 0 Å². The number of carbonyl (C=O) groups is 2. The summed E-state index contributed by atoms with van der Waals surface area (Å²) < 4.78 is 11.1. The SMILES string of the molecule is Cc1nnc(C2=CCC=C(CN(C(=O)C3CCN(C(=O)OC(C)(C)C)CC3)c3ccccc3)C=C2)o1. The fourth-order valence-corrected chi connectivity index (χ4v) is 4.30. The number of benzene rings is 1. The predicted octanol–water partition coefficient (Wildman–Crippen LogP) is 5.33. The molecule has 1 aliphatic carbocycles. The lowest BCUT2D eigenvalue weighted by Crippen LogP contribution is -2.46. The van der Waals surface area contributed by atoms with Crippen LogP contribution in [-0.2, 0) is 9.53 Å². The number of hydrogen-bond donors (Lipinski definition) is 0. The van der Waals surface area contributed by atoms with Gasteiger partial charge >= 0.3 is 6.09 Å².